The number of rotatable bonds is 4. The van der Waals surface area contributed by atoms with Gasteiger partial charge in [-0.15, -0.1) is 0 Å². The van der Waals surface area contributed by atoms with Gasteiger partial charge in [-0.1, -0.05) is 18.2 Å². The van der Waals surface area contributed by atoms with Crippen LogP contribution in [0.3, 0.4) is 0 Å². The molecular formula is C17H21N3O. The van der Waals surface area contributed by atoms with Crippen LogP contribution in [-0.2, 0) is 0 Å². The van der Waals surface area contributed by atoms with Gasteiger partial charge >= 0.3 is 0 Å². The molecule has 2 heterocycles. The number of aryl methyl sites for hydroxylation is 1. The standard InChI is InChI=1S/C17H21N3O/c1-12-19-9-7-15(20-12)16(18-2)11-13-8-10-21-17-6-4-3-5-14(13)17/h3-7,9,13,16,18H,8,10-11H2,1-2H3. The van der Waals surface area contributed by atoms with E-state index in [1.165, 1.54) is 5.56 Å². The summed E-state index contributed by atoms with van der Waals surface area (Å²) in [5, 5.41) is 3.39. The molecule has 1 N–H and O–H groups in total. The van der Waals surface area contributed by atoms with Crippen molar-refractivity contribution in [1.82, 2.24) is 15.3 Å². The minimum absolute atomic E-state index is 0.239. The maximum Gasteiger partial charge on any atom is 0.125 e. The Hall–Kier alpha value is -1.94. The molecule has 0 fully saturated rings. The number of benzene rings is 1. The van der Waals surface area contributed by atoms with Gasteiger partial charge in [0, 0.05) is 12.2 Å². The van der Waals surface area contributed by atoms with Gasteiger partial charge in [-0.2, -0.15) is 0 Å². The van der Waals surface area contributed by atoms with Gasteiger partial charge in [0.05, 0.1) is 12.3 Å². The number of para-hydroxylation sites is 1. The summed E-state index contributed by atoms with van der Waals surface area (Å²) >= 11 is 0. The van der Waals surface area contributed by atoms with Gasteiger partial charge in [0.1, 0.15) is 11.6 Å². The van der Waals surface area contributed by atoms with Crippen molar-refractivity contribution < 1.29 is 4.74 Å². The minimum atomic E-state index is 0.239. The molecule has 110 valence electrons. The largest absolute Gasteiger partial charge is 0.493 e. The highest BCUT2D eigenvalue weighted by Gasteiger charge is 2.25. The fourth-order valence-electron chi connectivity index (χ4n) is 3.00. The summed E-state index contributed by atoms with van der Waals surface area (Å²) in [6.07, 6.45) is 3.91. The lowest BCUT2D eigenvalue weighted by atomic mass is 9.86. The summed E-state index contributed by atoms with van der Waals surface area (Å²) in [5.41, 5.74) is 2.38. The van der Waals surface area contributed by atoms with E-state index in [9.17, 15) is 0 Å². The molecule has 0 saturated heterocycles. The zero-order valence-electron chi connectivity index (χ0n) is 12.5. The highest BCUT2D eigenvalue weighted by atomic mass is 16.5. The van der Waals surface area contributed by atoms with E-state index in [0.29, 0.717) is 5.92 Å². The van der Waals surface area contributed by atoms with Crippen LogP contribution in [0.5, 0.6) is 5.75 Å². The zero-order chi connectivity index (χ0) is 14.7. The Bertz CT molecular complexity index is 614. The smallest absolute Gasteiger partial charge is 0.125 e. The van der Waals surface area contributed by atoms with Crippen molar-refractivity contribution in [1.29, 1.82) is 0 Å². The Kier molecular flexibility index (Phi) is 4.15. The van der Waals surface area contributed by atoms with E-state index in [1.807, 2.05) is 32.3 Å². The first-order valence-electron chi connectivity index (χ1n) is 7.46. The summed E-state index contributed by atoms with van der Waals surface area (Å²) in [4.78, 5) is 8.74. The maximum absolute atomic E-state index is 5.75. The predicted molar refractivity (Wildman–Crippen MR) is 82.5 cm³/mol. The van der Waals surface area contributed by atoms with Gasteiger partial charge in [-0.05, 0) is 50.4 Å². The van der Waals surface area contributed by atoms with Crippen LogP contribution in [0.2, 0.25) is 0 Å². The number of aromatic nitrogens is 2. The summed E-state index contributed by atoms with van der Waals surface area (Å²) in [6, 6.07) is 10.6. The molecule has 0 spiro atoms. The molecule has 1 aromatic heterocycles. The average molecular weight is 283 g/mol. The highest BCUT2D eigenvalue weighted by Crippen LogP contribution is 2.38. The van der Waals surface area contributed by atoms with E-state index >= 15 is 0 Å². The highest BCUT2D eigenvalue weighted by molar-refractivity contribution is 5.38. The van der Waals surface area contributed by atoms with Crippen molar-refractivity contribution in [3.63, 3.8) is 0 Å². The molecule has 1 aromatic carbocycles. The van der Waals surface area contributed by atoms with Gasteiger partial charge < -0.3 is 10.1 Å². The quantitative estimate of drug-likeness (QED) is 0.937. The lowest BCUT2D eigenvalue weighted by Crippen LogP contribution is -2.23. The van der Waals surface area contributed by atoms with Gasteiger partial charge in [0.15, 0.2) is 0 Å². The van der Waals surface area contributed by atoms with Crippen LogP contribution in [0.15, 0.2) is 36.5 Å². The molecule has 4 heteroatoms. The van der Waals surface area contributed by atoms with E-state index in [2.05, 4.69) is 33.5 Å². The Morgan fingerprint density at radius 3 is 3.00 bits per heavy atom. The molecule has 2 unspecified atom stereocenters. The molecule has 1 aliphatic heterocycles. The van der Waals surface area contributed by atoms with Crippen molar-refractivity contribution in [2.75, 3.05) is 13.7 Å². The molecule has 21 heavy (non-hydrogen) atoms. The summed E-state index contributed by atoms with van der Waals surface area (Å²) in [5.74, 6) is 2.35. The first kappa shape index (κ1) is 14.0. The summed E-state index contributed by atoms with van der Waals surface area (Å²) < 4.78 is 5.75. The normalized spacial score (nSPS) is 18.7. The third-order valence-corrected chi connectivity index (χ3v) is 4.11. The second-order valence-corrected chi connectivity index (χ2v) is 5.48. The second-order valence-electron chi connectivity index (χ2n) is 5.48. The van der Waals surface area contributed by atoms with Crippen molar-refractivity contribution in [2.24, 2.45) is 0 Å². The molecule has 2 atom stereocenters. The third-order valence-electron chi connectivity index (χ3n) is 4.11. The Morgan fingerprint density at radius 1 is 1.33 bits per heavy atom. The lowest BCUT2D eigenvalue weighted by molar-refractivity contribution is 0.256. The Morgan fingerprint density at radius 2 is 2.19 bits per heavy atom. The molecule has 0 bridgehead atoms. The fraction of sp³-hybridized carbons (Fsp3) is 0.412. The van der Waals surface area contributed by atoms with E-state index < -0.39 is 0 Å². The van der Waals surface area contributed by atoms with Crippen molar-refractivity contribution in [2.45, 2.75) is 31.7 Å². The van der Waals surface area contributed by atoms with Crippen LogP contribution in [0.4, 0.5) is 0 Å². The van der Waals surface area contributed by atoms with Gasteiger partial charge in [-0.25, -0.2) is 9.97 Å². The SMILES string of the molecule is CNC(CC1CCOc2ccccc21)c1ccnc(C)n1. The first-order valence-corrected chi connectivity index (χ1v) is 7.46. The molecular weight excluding hydrogens is 262 g/mol. The van der Waals surface area contributed by atoms with Gasteiger partial charge in [-0.3, -0.25) is 0 Å². The topological polar surface area (TPSA) is 47.0 Å². The lowest BCUT2D eigenvalue weighted by Gasteiger charge is -2.28. The Labute approximate surface area is 125 Å². The van der Waals surface area contributed by atoms with E-state index in [4.69, 9.17) is 4.74 Å². The molecule has 4 nitrogen and oxygen atoms in total. The van der Waals surface area contributed by atoms with Crippen LogP contribution in [0.1, 0.15) is 41.9 Å². The minimum Gasteiger partial charge on any atom is -0.493 e. The van der Waals surface area contributed by atoms with E-state index in [0.717, 1.165) is 36.7 Å². The number of nitrogens with one attached hydrogen (secondary N) is 1. The molecule has 1 aliphatic rings. The van der Waals surface area contributed by atoms with Crippen LogP contribution in [0.25, 0.3) is 0 Å². The molecule has 3 rings (SSSR count). The number of ether oxygens (including phenoxy) is 1. The van der Waals surface area contributed by atoms with Crippen molar-refractivity contribution in [3.8, 4) is 5.75 Å². The van der Waals surface area contributed by atoms with E-state index in [-0.39, 0.29) is 6.04 Å². The van der Waals surface area contributed by atoms with Crippen LogP contribution in [0, 0.1) is 6.92 Å². The molecule has 0 aliphatic carbocycles. The van der Waals surface area contributed by atoms with Crippen LogP contribution in [-0.4, -0.2) is 23.6 Å². The number of hydrogen-bond acceptors (Lipinski definition) is 4. The number of hydrogen-bond donors (Lipinski definition) is 1. The number of fused-ring (bicyclic) bond motifs is 1. The Balaban J connectivity index is 1.82. The van der Waals surface area contributed by atoms with Crippen molar-refractivity contribution in [3.05, 3.63) is 53.6 Å². The average Bonchev–Trinajstić information content (AvgIpc) is 2.52. The maximum atomic E-state index is 5.75. The molecule has 0 amide bonds. The van der Waals surface area contributed by atoms with Crippen LogP contribution < -0.4 is 10.1 Å². The van der Waals surface area contributed by atoms with Gasteiger partial charge in [0.25, 0.3) is 0 Å². The molecule has 2 aromatic rings. The monoisotopic (exact) mass is 283 g/mol. The van der Waals surface area contributed by atoms with Crippen molar-refractivity contribution >= 4 is 0 Å². The molecule has 0 saturated carbocycles. The first-order chi connectivity index (χ1) is 10.3. The number of nitrogens with zero attached hydrogens (tertiary/aromatic N) is 2. The summed E-state index contributed by atoms with van der Waals surface area (Å²) in [6.45, 7) is 2.72. The molecule has 0 radical (unpaired) electrons. The second kappa shape index (κ2) is 6.22. The summed E-state index contributed by atoms with van der Waals surface area (Å²) in [7, 11) is 1.99. The fourth-order valence-corrected chi connectivity index (χ4v) is 3.00. The van der Waals surface area contributed by atoms with Gasteiger partial charge in [0.2, 0.25) is 0 Å². The van der Waals surface area contributed by atoms with E-state index in [1.54, 1.807) is 0 Å². The zero-order valence-corrected chi connectivity index (χ0v) is 12.5. The predicted octanol–water partition coefficient (Wildman–Crippen LogP) is 3.00. The third kappa shape index (κ3) is 3.05. The van der Waals surface area contributed by atoms with Crippen LogP contribution >= 0.6 is 0 Å².